The molecule has 5 heteroatoms. The zero-order valence-electron chi connectivity index (χ0n) is 12.6. The van der Waals surface area contributed by atoms with Crippen LogP contribution in [0.1, 0.15) is 19.8 Å². The fourth-order valence-electron chi connectivity index (χ4n) is 2.32. The summed E-state index contributed by atoms with van der Waals surface area (Å²) in [5.41, 5.74) is 0. The molecule has 1 heterocycles. The molecule has 0 spiro atoms. The van der Waals surface area contributed by atoms with E-state index in [1.165, 1.54) is 0 Å². The van der Waals surface area contributed by atoms with E-state index in [0.29, 0.717) is 17.7 Å². The van der Waals surface area contributed by atoms with Crippen molar-refractivity contribution in [3.63, 3.8) is 0 Å². The molecule has 4 nitrogen and oxygen atoms in total. The van der Waals surface area contributed by atoms with E-state index in [0.717, 1.165) is 35.2 Å². The number of ether oxygens (including phenoxy) is 2. The second kappa shape index (κ2) is 7.36. The van der Waals surface area contributed by atoms with Gasteiger partial charge >= 0.3 is 0 Å². The molecule has 2 aromatic rings. The van der Waals surface area contributed by atoms with E-state index in [1.54, 1.807) is 20.4 Å². The number of alkyl halides is 1. The van der Waals surface area contributed by atoms with Crippen LogP contribution in [0.3, 0.4) is 0 Å². The topological polar surface area (TPSA) is 43.4 Å². The Hall–Kier alpha value is -1.68. The van der Waals surface area contributed by atoms with Crippen LogP contribution in [0.5, 0.6) is 11.5 Å². The van der Waals surface area contributed by atoms with Crippen molar-refractivity contribution < 1.29 is 9.47 Å². The second-order valence-electron chi connectivity index (χ2n) is 4.82. The van der Waals surface area contributed by atoms with Gasteiger partial charge in [0.25, 0.3) is 0 Å². The Morgan fingerprint density at radius 1 is 1.24 bits per heavy atom. The molecule has 2 rings (SSSR count). The van der Waals surface area contributed by atoms with Crippen LogP contribution in [0.25, 0.3) is 10.8 Å². The molecule has 0 saturated carbocycles. The average Bonchev–Trinajstić information content (AvgIpc) is 2.53. The number of halogens is 1. The van der Waals surface area contributed by atoms with E-state index in [1.807, 2.05) is 18.2 Å². The molecular weight excluding hydrogens is 288 g/mol. The molecule has 1 N–H and O–H groups in total. The second-order valence-corrected chi connectivity index (χ2v) is 5.19. The van der Waals surface area contributed by atoms with Crippen molar-refractivity contribution in [2.45, 2.75) is 25.8 Å². The first-order valence-corrected chi connectivity index (χ1v) is 7.60. The lowest BCUT2D eigenvalue weighted by Crippen LogP contribution is -2.19. The highest BCUT2D eigenvalue weighted by molar-refractivity contribution is 6.17. The number of pyridine rings is 1. The van der Waals surface area contributed by atoms with Gasteiger partial charge in [0.2, 0.25) is 0 Å². The molecule has 1 aromatic carbocycles. The van der Waals surface area contributed by atoms with Gasteiger partial charge in [0, 0.05) is 23.5 Å². The van der Waals surface area contributed by atoms with Gasteiger partial charge in [0.05, 0.1) is 14.2 Å². The van der Waals surface area contributed by atoms with E-state index < -0.39 is 0 Å². The molecule has 1 atom stereocenters. The Labute approximate surface area is 130 Å². The van der Waals surface area contributed by atoms with Gasteiger partial charge in [-0.3, -0.25) is 0 Å². The van der Waals surface area contributed by atoms with Crippen LogP contribution in [0, 0.1) is 0 Å². The first kappa shape index (κ1) is 15.7. The standard InChI is InChI=1S/C16H21ClN2O2/c1-4-12(5-7-17)19-16-13-10-15(21-3)14(20-2)9-11(13)6-8-18-16/h6,8-10,12H,4-5,7H2,1-3H3,(H,18,19). The SMILES string of the molecule is CCC(CCCl)Nc1nccc2cc(OC)c(OC)cc12. The molecule has 114 valence electrons. The maximum Gasteiger partial charge on any atom is 0.161 e. The maximum absolute atomic E-state index is 5.85. The van der Waals surface area contributed by atoms with Gasteiger partial charge in [-0.25, -0.2) is 4.98 Å². The third-order valence-corrected chi connectivity index (χ3v) is 3.78. The summed E-state index contributed by atoms with van der Waals surface area (Å²) < 4.78 is 10.7. The lowest BCUT2D eigenvalue weighted by molar-refractivity contribution is 0.356. The van der Waals surface area contributed by atoms with E-state index >= 15 is 0 Å². The normalized spacial score (nSPS) is 12.2. The van der Waals surface area contributed by atoms with Gasteiger partial charge in [-0.05, 0) is 36.4 Å². The van der Waals surface area contributed by atoms with E-state index in [2.05, 4.69) is 17.2 Å². The molecule has 1 aromatic heterocycles. The van der Waals surface area contributed by atoms with E-state index in [4.69, 9.17) is 21.1 Å². The fourth-order valence-corrected chi connectivity index (χ4v) is 2.58. The van der Waals surface area contributed by atoms with Gasteiger partial charge < -0.3 is 14.8 Å². The lowest BCUT2D eigenvalue weighted by Gasteiger charge is -2.18. The average molecular weight is 309 g/mol. The number of nitrogens with zero attached hydrogens (tertiary/aromatic N) is 1. The summed E-state index contributed by atoms with van der Waals surface area (Å²) in [7, 11) is 3.27. The van der Waals surface area contributed by atoms with E-state index in [-0.39, 0.29) is 0 Å². The highest BCUT2D eigenvalue weighted by Crippen LogP contribution is 2.34. The monoisotopic (exact) mass is 308 g/mol. The molecule has 0 bridgehead atoms. The minimum absolute atomic E-state index is 0.314. The number of hydrogen-bond acceptors (Lipinski definition) is 4. The fraction of sp³-hybridized carbons (Fsp3) is 0.438. The van der Waals surface area contributed by atoms with Gasteiger partial charge in [0.1, 0.15) is 5.82 Å². The van der Waals surface area contributed by atoms with Crippen molar-refractivity contribution in [1.29, 1.82) is 0 Å². The summed E-state index contributed by atoms with van der Waals surface area (Å²) in [5, 5.41) is 5.55. The molecule has 0 saturated heterocycles. The Bertz CT molecular complexity index is 604. The summed E-state index contributed by atoms with van der Waals surface area (Å²) >= 11 is 5.85. The third-order valence-electron chi connectivity index (χ3n) is 3.56. The summed E-state index contributed by atoms with van der Waals surface area (Å²) in [6.45, 7) is 2.14. The van der Waals surface area contributed by atoms with Gasteiger partial charge in [-0.2, -0.15) is 0 Å². The predicted molar refractivity (Wildman–Crippen MR) is 87.9 cm³/mol. The Morgan fingerprint density at radius 3 is 2.57 bits per heavy atom. The summed E-state index contributed by atoms with van der Waals surface area (Å²) in [6.07, 6.45) is 3.70. The zero-order valence-corrected chi connectivity index (χ0v) is 13.4. The molecule has 0 fully saturated rings. The molecule has 1 unspecified atom stereocenters. The summed E-state index contributed by atoms with van der Waals surface area (Å²) in [6, 6.07) is 6.19. The number of rotatable bonds is 7. The van der Waals surface area contributed by atoms with Crippen molar-refractivity contribution in [2.24, 2.45) is 0 Å². The minimum atomic E-state index is 0.314. The number of methoxy groups -OCH3 is 2. The van der Waals surface area contributed by atoms with Crippen molar-refractivity contribution in [1.82, 2.24) is 4.98 Å². The molecule has 0 aliphatic heterocycles. The van der Waals surface area contributed by atoms with Crippen LogP contribution in [0.4, 0.5) is 5.82 Å². The van der Waals surface area contributed by atoms with Gasteiger partial charge in [-0.15, -0.1) is 11.6 Å². The Morgan fingerprint density at radius 2 is 1.95 bits per heavy atom. The molecule has 0 radical (unpaired) electrons. The third kappa shape index (κ3) is 3.50. The Kier molecular flexibility index (Phi) is 5.51. The van der Waals surface area contributed by atoms with Crippen LogP contribution >= 0.6 is 11.6 Å². The Balaban J connectivity index is 2.44. The smallest absolute Gasteiger partial charge is 0.161 e. The van der Waals surface area contributed by atoms with Crippen molar-refractivity contribution in [3.05, 3.63) is 24.4 Å². The highest BCUT2D eigenvalue weighted by Gasteiger charge is 2.12. The van der Waals surface area contributed by atoms with Crippen LogP contribution in [-0.4, -0.2) is 31.1 Å². The first-order chi connectivity index (χ1) is 10.2. The van der Waals surface area contributed by atoms with Crippen LogP contribution in [0.15, 0.2) is 24.4 Å². The van der Waals surface area contributed by atoms with Gasteiger partial charge in [-0.1, -0.05) is 6.92 Å². The molecular formula is C16H21ClN2O2. The van der Waals surface area contributed by atoms with Crippen molar-refractivity contribution >= 4 is 28.2 Å². The number of benzene rings is 1. The molecule has 0 amide bonds. The van der Waals surface area contributed by atoms with Crippen molar-refractivity contribution in [3.8, 4) is 11.5 Å². The summed E-state index contributed by atoms with van der Waals surface area (Å²) in [4.78, 5) is 4.46. The minimum Gasteiger partial charge on any atom is -0.493 e. The van der Waals surface area contributed by atoms with Crippen LogP contribution in [0.2, 0.25) is 0 Å². The maximum atomic E-state index is 5.85. The molecule has 21 heavy (non-hydrogen) atoms. The van der Waals surface area contributed by atoms with Gasteiger partial charge in [0.15, 0.2) is 11.5 Å². The zero-order chi connectivity index (χ0) is 15.2. The molecule has 0 aliphatic carbocycles. The number of anilines is 1. The van der Waals surface area contributed by atoms with Crippen molar-refractivity contribution in [2.75, 3.05) is 25.4 Å². The lowest BCUT2D eigenvalue weighted by atomic mass is 10.1. The number of hydrogen-bond donors (Lipinski definition) is 1. The van der Waals surface area contributed by atoms with Crippen LogP contribution < -0.4 is 14.8 Å². The van der Waals surface area contributed by atoms with E-state index in [9.17, 15) is 0 Å². The largest absolute Gasteiger partial charge is 0.493 e. The molecule has 0 aliphatic rings. The summed E-state index contributed by atoms with van der Waals surface area (Å²) in [5.74, 6) is 2.90. The quantitative estimate of drug-likeness (QED) is 0.783. The highest BCUT2D eigenvalue weighted by atomic mass is 35.5. The number of aromatic nitrogens is 1. The predicted octanol–water partition coefficient (Wildman–Crippen LogP) is 4.07. The van der Waals surface area contributed by atoms with Crippen LogP contribution in [-0.2, 0) is 0 Å². The number of nitrogens with one attached hydrogen (secondary N) is 1. The first-order valence-electron chi connectivity index (χ1n) is 7.06. The number of fused-ring (bicyclic) bond motifs is 1.